The average molecular weight is 331 g/mol. The van der Waals surface area contributed by atoms with Gasteiger partial charge in [0.2, 0.25) is 0 Å². The standard InChI is InChI=1S/C11H6BrClFN3O/c12-8-2-1-6(14)3-7(8)11(18)17-10-5-15-9(13)4-16-10/h1-5H,(H,16,17,18). The molecular weight excluding hydrogens is 324 g/mol. The number of anilines is 1. The predicted molar refractivity (Wildman–Crippen MR) is 69.1 cm³/mol. The molecule has 1 heterocycles. The largest absolute Gasteiger partial charge is 0.305 e. The van der Waals surface area contributed by atoms with Crippen LogP contribution in [0.15, 0.2) is 35.1 Å². The van der Waals surface area contributed by atoms with Gasteiger partial charge in [-0.3, -0.25) is 4.79 Å². The van der Waals surface area contributed by atoms with E-state index in [1.54, 1.807) is 0 Å². The number of carbonyl (C=O) groups excluding carboxylic acids is 1. The molecule has 18 heavy (non-hydrogen) atoms. The maximum Gasteiger partial charge on any atom is 0.258 e. The fraction of sp³-hybridized carbons (Fsp3) is 0. The lowest BCUT2D eigenvalue weighted by Crippen LogP contribution is -2.14. The second-order valence-corrected chi connectivity index (χ2v) is 4.54. The van der Waals surface area contributed by atoms with Gasteiger partial charge < -0.3 is 5.32 Å². The van der Waals surface area contributed by atoms with Gasteiger partial charge >= 0.3 is 0 Å². The Morgan fingerprint density at radius 1 is 1.33 bits per heavy atom. The molecule has 4 nitrogen and oxygen atoms in total. The first-order valence-electron chi connectivity index (χ1n) is 4.80. The quantitative estimate of drug-likeness (QED) is 0.919. The molecule has 92 valence electrons. The van der Waals surface area contributed by atoms with E-state index in [2.05, 4.69) is 31.2 Å². The highest BCUT2D eigenvalue weighted by atomic mass is 79.9. The Hall–Kier alpha value is -1.53. The number of halogens is 3. The SMILES string of the molecule is O=C(Nc1cnc(Cl)cn1)c1cc(F)ccc1Br. The molecule has 7 heteroatoms. The summed E-state index contributed by atoms with van der Waals surface area (Å²) >= 11 is 8.74. The Labute approximate surface area is 115 Å². The van der Waals surface area contributed by atoms with Crippen LogP contribution in [-0.4, -0.2) is 15.9 Å². The summed E-state index contributed by atoms with van der Waals surface area (Å²) < 4.78 is 13.5. The van der Waals surface area contributed by atoms with Crippen LogP contribution in [0.2, 0.25) is 5.15 Å². The molecule has 0 aliphatic carbocycles. The van der Waals surface area contributed by atoms with E-state index in [9.17, 15) is 9.18 Å². The van der Waals surface area contributed by atoms with Crippen molar-refractivity contribution in [3.05, 3.63) is 51.6 Å². The van der Waals surface area contributed by atoms with Crippen LogP contribution in [0, 0.1) is 5.82 Å². The molecule has 0 spiro atoms. The first-order chi connectivity index (χ1) is 8.56. The molecule has 2 aromatic rings. The molecule has 0 atom stereocenters. The van der Waals surface area contributed by atoms with Gasteiger partial charge in [-0.15, -0.1) is 0 Å². The summed E-state index contributed by atoms with van der Waals surface area (Å²) in [7, 11) is 0. The minimum atomic E-state index is -0.495. The van der Waals surface area contributed by atoms with Gasteiger partial charge in [-0.25, -0.2) is 14.4 Å². The molecule has 0 aliphatic rings. The first kappa shape index (κ1) is 12.9. The van der Waals surface area contributed by atoms with Crippen LogP contribution in [0.1, 0.15) is 10.4 Å². The minimum Gasteiger partial charge on any atom is -0.305 e. The molecule has 1 aromatic heterocycles. The molecule has 0 unspecified atom stereocenters. The van der Waals surface area contributed by atoms with Crippen LogP contribution in [0.5, 0.6) is 0 Å². The van der Waals surface area contributed by atoms with Crippen LogP contribution in [0.4, 0.5) is 10.2 Å². The Kier molecular flexibility index (Phi) is 3.88. The van der Waals surface area contributed by atoms with E-state index in [0.29, 0.717) is 4.47 Å². The van der Waals surface area contributed by atoms with Gasteiger partial charge in [-0.1, -0.05) is 11.6 Å². The van der Waals surface area contributed by atoms with Crippen molar-refractivity contribution in [1.82, 2.24) is 9.97 Å². The highest BCUT2D eigenvalue weighted by Crippen LogP contribution is 2.19. The monoisotopic (exact) mass is 329 g/mol. The Bertz CT molecular complexity index is 591. The van der Waals surface area contributed by atoms with Gasteiger partial charge in [0.1, 0.15) is 11.0 Å². The van der Waals surface area contributed by atoms with Gasteiger partial charge in [-0.05, 0) is 34.1 Å². The van der Waals surface area contributed by atoms with E-state index in [4.69, 9.17) is 11.6 Å². The summed E-state index contributed by atoms with van der Waals surface area (Å²) in [6.45, 7) is 0. The smallest absolute Gasteiger partial charge is 0.258 e. The summed E-state index contributed by atoms with van der Waals surface area (Å²) in [6, 6.07) is 3.84. The number of hydrogen-bond acceptors (Lipinski definition) is 3. The van der Waals surface area contributed by atoms with Gasteiger partial charge in [-0.2, -0.15) is 0 Å². The summed E-state index contributed by atoms with van der Waals surface area (Å²) in [6.07, 6.45) is 2.62. The molecule has 0 saturated heterocycles. The number of benzene rings is 1. The summed E-state index contributed by atoms with van der Waals surface area (Å²) in [5.74, 6) is -0.746. The van der Waals surface area contributed by atoms with Crippen molar-refractivity contribution < 1.29 is 9.18 Å². The maximum absolute atomic E-state index is 13.1. The van der Waals surface area contributed by atoms with Crippen molar-refractivity contribution >= 4 is 39.3 Å². The molecule has 0 radical (unpaired) electrons. The number of carbonyl (C=O) groups is 1. The second-order valence-electron chi connectivity index (χ2n) is 3.30. The lowest BCUT2D eigenvalue weighted by Gasteiger charge is -2.05. The minimum absolute atomic E-state index is 0.173. The van der Waals surface area contributed by atoms with Gasteiger partial charge in [0.05, 0.1) is 18.0 Å². The fourth-order valence-corrected chi connectivity index (χ4v) is 1.76. The summed E-state index contributed by atoms with van der Waals surface area (Å²) in [5, 5.41) is 2.71. The van der Waals surface area contributed by atoms with Crippen LogP contribution in [0.3, 0.4) is 0 Å². The molecule has 0 bridgehead atoms. The van der Waals surface area contributed by atoms with Gasteiger partial charge in [0.25, 0.3) is 5.91 Å². The lowest BCUT2D eigenvalue weighted by atomic mass is 10.2. The highest BCUT2D eigenvalue weighted by Gasteiger charge is 2.12. The molecule has 2 rings (SSSR count). The Morgan fingerprint density at radius 3 is 2.78 bits per heavy atom. The van der Waals surface area contributed by atoms with Crippen LogP contribution < -0.4 is 5.32 Å². The van der Waals surface area contributed by atoms with Crippen LogP contribution in [-0.2, 0) is 0 Å². The topological polar surface area (TPSA) is 54.9 Å². The van der Waals surface area contributed by atoms with E-state index in [0.717, 1.165) is 6.07 Å². The molecule has 0 saturated carbocycles. The number of nitrogens with zero attached hydrogens (tertiary/aromatic N) is 2. The van der Waals surface area contributed by atoms with Crippen molar-refractivity contribution in [3.8, 4) is 0 Å². The molecule has 1 N–H and O–H groups in total. The third-order valence-corrected chi connectivity index (χ3v) is 2.92. The Balaban J connectivity index is 2.21. The van der Waals surface area contributed by atoms with Crippen molar-refractivity contribution in [3.63, 3.8) is 0 Å². The number of nitrogens with one attached hydrogen (secondary N) is 1. The zero-order valence-electron chi connectivity index (χ0n) is 8.82. The Morgan fingerprint density at radius 2 is 2.11 bits per heavy atom. The number of aromatic nitrogens is 2. The summed E-state index contributed by atoms with van der Waals surface area (Å²) in [5.41, 5.74) is 0.173. The molecule has 0 fully saturated rings. The molecular formula is C11H6BrClFN3O. The van der Waals surface area contributed by atoms with E-state index in [-0.39, 0.29) is 16.5 Å². The number of amides is 1. The third-order valence-electron chi connectivity index (χ3n) is 2.03. The fourth-order valence-electron chi connectivity index (χ4n) is 1.23. The van der Waals surface area contributed by atoms with Gasteiger partial charge in [0, 0.05) is 4.47 Å². The summed E-state index contributed by atoms with van der Waals surface area (Å²) in [4.78, 5) is 19.5. The van der Waals surface area contributed by atoms with Crippen LogP contribution >= 0.6 is 27.5 Å². The van der Waals surface area contributed by atoms with E-state index < -0.39 is 11.7 Å². The number of hydrogen-bond donors (Lipinski definition) is 1. The highest BCUT2D eigenvalue weighted by molar-refractivity contribution is 9.10. The normalized spacial score (nSPS) is 10.2. The average Bonchev–Trinajstić information content (AvgIpc) is 2.35. The third kappa shape index (κ3) is 3.02. The maximum atomic E-state index is 13.1. The first-order valence-corrected chi connectivity index (χ1v) is 5.97. The second kappa shape index (κ2) is 5.41. The predicted octanol–water partition coefficient (Wildman–Crippen LogP) is 3.28. The van der Waals surface area contributed by atoms with E-state index in [1.807, 2.05) is 0 Å². The van der Waals surface area contributed by atoms with Crippen LogP contribution in [0.25, 0.3) is 0 Å². The van der Waals surface area contributed by atoms with Crippen molar-refractivity contribution in [2.75, 3.05) is 5.32 Å². The molecule has 1 aromatic carbocycles. The van der Waals surface area contributed by atoms with Crippen molar-refractivity contribution in [1.29, 1.82) is 0 Å². The van der Waals surface area contributed by atoms with Crippen molar-refractivity contribution in [2.24, 2.45) is 0 Å². The van der Waals surface area contributed by atoms with E-state index in [1.165, 1.54) is 24.5 Å². The zero-order chi connectivity index (χ0) is 13.1. The molecule has 1 amide bonds. The van der Waals surface area contributed by atoms with Gasteiger partial charge in [0.15, 0.2) is 5.82 Å². The lowest BCUT2D eigenvalue weighted by molar-refractivity contribution is 0.102. The van der Waals surface area contributed by atoms with Crippen molar-refractivity contribution in [2.45, 2.75) is 0 Å². The van der Waals surface area contributed by atoms with E-state index >= 15 is 0 Å². The number of rotatable bonds is 2. The molecule has 0 aliphatic heterocycles. The zero-order valence-corrected chi connectivity index (χ0v) is 11.2.